The average molecular weight is 761 g/mol. The Balaban J connectivity index is 3.64. The van der Waals surface area contributed by atoms with Gasteiger partial charge in [-0.05, 0) is 44.4 Å². The van der Waals surface area contributed by atoms with Crippen molar-refractivity contribution >= 4 is 11.9 Å². The number of ether oxygens (including phenoxy) is 2. The van der Waals surface area contributed by atoms with Crippen LogP contribution in [-0.2, 0) is 19.1 Å². The van der Waals surface area contributed by atoms with Gasteiger partial charge in [0.1, 0.15) is 6.61 Å². The van der Waals surface area contributed by atoms with Gasteiger partial charge in [-0.2, -0.15) is 0 Å². The van der Waals surface area contributed by atoms with E-state index in [1.165, 1.54) is 148 Å². The lowest BCUT2D eigenvalue weighted by Crippen LogP contribution is -2.28. The van der Waals surface area contributed by atoms with Crippen molar-refractivity contribution in [2.24, 2.45) is 5.92 Å². The second-order valence-corrected chi connectivity index (χ2v) is 15.9. The molecule has 54 heavy (non-hydrogen) atoms. The molecule has 2 N–H and O–H groups in total. The minimum absolute atomic E-state index is 0.152. The van der Waals surface area contributed by atoms with Crippen molar-refractivity contribution in [1.82, 2.24) is 0 Å². The summed E-state index contributed by atoms with van der Waals surface area (Å²) in [6.07, 6.45) is 48.2. The normalized spacial score (nSPS) is 13.6. The summed E-state index contributed by atoms with van der Waals surface area (Å²) >= 11 is 0. The van der Waals surface area contributed by atoms with Crippen LogP contribution in [-0.4, -0.2) is 47.6 Å². The van der Waals surface area contributed by atoms with Crippen LogP contribution in [0.1, 0.15) is 226 Å². The fourth-order valence-electron chi connectivity index (χ4n) is 6.66. The maximum atomic E-state index is 12.2. The van der Waals surface area contributed by atoms with E-state index in [4.69, 9.17) is 9.47 Å². The Hall–Kier alpha value is -1.92. The highest BCUT2D eigenvalue weighted by Crippen LogP contribution is 2.17. The molecule has 0 aromatic carbocycles. The topological polar surface area (TPSA) is 93.1 Å². The number of hydrogen-bond donors (Lipinski definition) is 2. The summed E-state index contributed by atoms with van der Waals surface area (Å²) in [5.41, 5.74) is 0. The van der Waals surface area contributed by atoms with Gasteiger partial charge in [0.15, 0.2) is 6.10 Å². The fourth-order valence-corrected chi connectivity index (χ4v) is 6.66. The molecule has 6 nitrogen and oxygen atoms in total. The maximum Gasteiger partial charge on any atom is 0.306 e. The van der Waals surface area contributed by atoms with Gasteiger partial charge in [-0.3, -0.25) is 9.59 Å². The molecule has 2 unspecified atom stereocenters. The second-order valence-electron chi connectivity index (χ2n) is 15.9. The van der Waals surface area contributed by atoms with E-state index >= 15 is 0 Å². The van der Waals surface area contributed by atoms with E-state index in [9.17, 15) is 19.8 Å². The highest BCUT2D eigenvalue weighted by molar-refractivity contribution is 5.70. The van der Waals surface area contributed by atoms with Crippen molar-refractivity contribution in [3.8, 4) is 0 Å². The molecule has 0 saturated heterocycles. The van der Waals surface area contributed by atoms with E-state index in [1.54, 1.807) is 6.08 Å². The lowest BCUT2D eigenvalue weighted by atomic mass is 9.99. The lowest BCUT2D eigenvalue weighted by Gasteiger charge is -2.16. The minimum Gasteiger partial charge on any atom is -0.462 e. The van der Waals surface area contributed by atoms with E-state index in [0.29, 0.717) is 19.3 Å². The van der Waals surface area contributed by atoms with Crippen molar-refractivity contribution in [3.63, 3.8) is 0 Å². The Kier molecular flexibility index (Phi) is 40.7. The predicted molar refractivity (Wildman–Crippen MR) is 230 cm³/mol. The van der Waals surface area contributed by atoms with Crippen LogP contribution in [0.3, 0.4) is 0 Å². The number of unbranched alkanes of at least 4 members (excludes halogenated alkanes) is 23. The number of aliphatic hydroxyl groups excluding tert-OH is 2. The Morgan fingerprint density at radius 3 is 1.65 bits per heavy atom. The fraction of sp³-hybridized carbons (Fsp3) is 0.833. The quantitative estimate of drug-likeness (QED) is 0.0279. The van der Waals surface area contributed by atoms with Gasteiger partial charge in [0, 0.05) is 12.8 Å². The smallest absolute Gasteiger partial charge is 0.306 e. The summed E-state index contributed by atoms with van der Waals surface area (Å²) < 4.78 is 10.5. The second kappa shape index (κ2) is 42.2. The standard InChI is InChI=1S/C48H88O6/c1-4-6-7-8-9-10-11-18-22-25-28-31-34-38-45(50)39-36-41-47(51)53-43-46(42-49)54-48(52)40-35-32-29-26-23-20-17-15-13-12-14-16-19-21-24-27-30-33-37-44(3)5-2/h18,22,28,31,34,38,44-46,49-50H,4-17,19-21,23-27,29-30,32-33,35-37,39-43H2,1-3H3/b22-18+,31-28+,38-34+/t44?,45?,46-/m0/s1. The van der Waals surface area contributed by atoms with Gasteiger partial charge >= 0.3 is 11.9 Å². The van der Waals surface area contributed by atoms with Crippen LogP contribution in [0.5, 0.6) is 0 Å². The van der Waals surface area contributed by atoms with Gasteiger partial charge in [0.2, 0.25) is 0 Å². The third kappa shape index (κ3) is 39.8. The van der Waals surface area contributed by atoms with Gasteiger partial charge in [0.05, 0.1) is 12.7 Å². The van der Waals surface area contributed by atoms with Crippen LogP contribution >= 0.6 is 0 Å². The van der Waals surface area contributed by atoms with Crippen LogP contribution in [0.15, 0.2) is 36.5 Å². The summed E-state index contributed by atoms with van der Waals surface area (Å²) in [7, 11) is 0. The number of aliphatic hydroxyl groups is 2. The molecule has 0 rings (SSSR count). The molecular formula is C48H88O6. The molecular weight excluding hydrogens is 673 g/mol. The summed E-state index contributed by atoms with van der Waals surface area (Å²) in [6, 6.07) is 0. The van der Waals surface area contributed by atoms with Gasteiger partial charge in [-0.1, -0.05) is 211 Å². The van der Waals surface area contributed by atoms with Crippen molar-refractivity contribution in [3.05, 3.63) is 36.5 Å². The van der Waals surface area contributed by atoms with E-state index in [1.807, 2.05) is 12.2 Å². The molecule has 0 saturated carbocycles. The third-order valence-electron chi connectivity index (χ3n) is 10.6. The molecule has 0 fully saturated rings. The molecule has 0 aliphatic rings. The molecule has 0 aromatic heterocycles. The Morgan fingerprint density at radius 1 is 0.574 bits per heavy atom. The number of esters is 2. The Bertz CT molecular complexity index is 896. The lowest BCUT2D eigenvalue weighted by molar-refractivity contribution is -0.161. The molecule has 316 valence electrons. The molecule has 0 aromatic rings. The number of carbonyl (C=O) groups excluding carboxylic acids is 2. The number of allylic oxidation sites excluding steroid dienone is 5. The first kappa shape index (κ1) is 52.1. The summed E-state index contributed by atoms with van der Waals surface area (Å²) in [5, 5.41) is 19.7. The van der Waals surface area contributed by atoms with Gasteiger partial charge in [-0.25, -0.2) is 0 Å². The summed E-state index contributed by atoms with van der Waals surface area (Å²) in [6.45, 7) is 6.38. The molecule has 0 aliphatic heterocycles. The minimum atomic E-state index is -0.841. The van der Waals surface area contributed by atoms with Crippen LogP contribution < -0.4 is 0 Å². The SMILES string of the molecule is CCCCCCCC/C=C/C/C=C/C=C/C(O)CCCC(=O)OC[C@H](CO)OC(=O)CCCCCCCCCCCCCCCCCCCCC(C)CC. The maximum absolute atomic E-state index is 12.2. The van der Waals surface area contributed by atoms with Crippen molar-refractivity contribution in [2.75, 3.05) is 13.2 Å². The molecule has 0 spiro atoms. The van der Waals surface area contributed by atoms with Crippen LogP contribution in [0.25, 0.3) is 0 Å². The summed E-state index contributed by atoms with van der Waals surface area (Å²) in [5.74, 6) is 0.128. The first-order valence-corrected chi connectivity index (χ1v) is 23.0. The molecule has 0 radical (unpaired) electrons. The molecule has 0 bridgehead atoms. The highest BCUT2D eigenvalue weighted by Gasteiger charge is 2.16. The zero-order valence-corrected chi connectivity index (χ0v) is 35.8. The number of hydrogen-bond acceptors (Lipinski definition) is 6. The van der Waals surface area contributed by atoms with E-state index in [-0.39, 0.29) is 25.6 Å². The molecule has 6 heteroatoms. The monoisotopic (exact) mass is 761 g/mol. The largest absolute Gasteiger partial charge is 0.462 e. The van der Waals surface area contributed by atoms with Gasteiger partial charge < -0.3 is 19.7 Å². The molecule has 0 aliphatic carbocycles. The number of rotatable bonds is 41. The van der Waals surface area contributed by atoms with E-state index in [0.717, 1.165) is 38.0 Å². The van der Waals surface area contributed by atoms with Crippen LogP contribution in [0, 0.1) is 5.92 Å². The average Bonchev–Trinajstić information content (AvgIpc) is 3.17. The van der Waals surface area contributed by atoms with Crippen molar-refractivity contribution in [1.29, 1.82) is 0 Å². The highest BCUT2D eigenvalue weighted by atomic mass is 16.6. The number of carbonyl (C=O) groups is 2. The molecule has 3 atom stereocenters. The zero-order valence-electron chi connectivity index (χ0n) is 35.8. The van der Waals surface area contributed by atoms with Crippen LogP contribution in [0.2, 0.25) is 0 Å². The van der Waals surface area contributed by atoms with E-state index < -0.39 is 18.2 Å². The van der Waals surface area contributed by atoms with Crippen molar-refractivity contribution < 1.29 is 29.3 Å². The summed E-state index contributed by atoms with van der Waals surface area (Å²) in [4.78, 5) is 24.4. The van der Waals surface area contributed by atoms with E-state index in [2.05, 4.69) is 39.0 Å². The zero-order chi connectivity index (χ0) is 39.6. The molecule has 0 heterocycles. The van der Waals surface area contributed by atoms with Gasteiger partial charge in [-0.15, -0.1) is 0 Å². The first-order chi connectivity index (χ1) is 26.4. The third-order valence-corrected chi connectivity index (χ3v) is 10.6. The van der Waals surface area contributed by atoms with Gasteiger partial charge in [0.25, 0.3) is 0 Å². The first-order valence-electron chi connectivity index (χ1n) is 23.0. The Labute approximate surface area is 334 Å². The Morgan fingerprint density at radius 2 is 1.09 bits per heavy atom. The van der Waals surface area contributed by atoms with Crippen molar-refractivity contribution in [2.45, 2.75) is 238 Å². The van der Waals surface area contributed by atoms with Crippen LogP contribution in [0.4, 0.5) is 0 Å². The molecule has 0 amide bonds. The predicted octanol–water partition coefficient (Wildman–Crippen LogP) is 13.6.